The van der Waals surface area contributed by atoms with Crippen LogP contribution in [-0.2, 0) is 4.74 Å². The molecule has 0 atom stereocenters. The lowest BCUT2D eigenvalue weighted by Gasteiger charge is -2.28. The molecular formula is C18H28N4O4. The van der Waals surface area contributed by atoms with E-state index in [0.29, 0.717) is 37.6 Å². The Bertz CT molecular complexity index is 658. The van der Waals surface area contributed by atoms with Crippen LogP contribution in [0.4, 0.5) is 0 Å². The van der Waals surface area contributed by atoms with Gasteiger partial charge in [-0.15, -0.1) is 0 Å². The van der Waals surface area contributed by atoms with Gasteiger partial charge in [0.2, 0.25) is 0 Å². The zero-order chi connectivity index (χ0) is 18.7. The van der Waals surface area contributed by atoms with Crippen LogP contribution in [0.15, 0.2) is 6.20 Å². The third kappa shape index (κ3) is 3.82. The molecule has 2 aliphatic heterocycles. The number of amides is 1. The van der Waals surface area contributed by atoms with Crippen molar-refractivity contribution in [2.45, 2.75) is 32.6 Å². The number of piperidine rings is 1. The minimum Gasteiger partial charge on any atom is -0.395 e. The van der Waals surface area contributed by atoms with Crippen molar-refractivity contribution in [3.8, 4) is 0 Å². The van der Waals surface area contributed by atoms with Crippen LogP contribution in [0.2, 0.25) is 0 Å². The van der Waals surface area contributed by atoms with Crippen LogP contribution in [0.25, 0.3) is 0 Å². The Kier molecular flexibility index (Phi) is 5.74. The highest BCUT2D eigenvalue weighted by Gasteiger charge is 2.33. The lowest BCUT2D eigenvalue weighted by atomic mass is 9.92. The maximum absolute atomic E-state index is 13.1. The summed E-state index contributed by atoms with van der Waals surface area (Å²) in [6.07, 6.45) is 3.32. The molecular weight excluding hydrogens is 336 g/mol. The van der Waals surface area contributed by atoms with Gasteiger partial charge in [0, 0.05) is 25.2 Å². The molecule has 8 nitrogen and oxygen atoms in total. The Morgan fingerprint density at radius 2 is 1.96 bits per heavy atom. The van der Waals surface area contributed by atoms with Gasteiger partial charge in [0.25, 0.3) is 11.8 Å². The summed E-state index contributed by atoms with van der Waals surface area (Å²) in [6, 6.07) is 0. The number of aliphatic hydroxyl groups is 1. The van der Waals surface area contributed by atoms with Gasteiger partial charge >= 0.3 is 0 Å². The maximum atomic E-state index is 13.1. The van der Waals surface area contributed by atoms with E-state index in [4.69, 9.17) is 4.74 Å². The van der Waals surface area contributed by atoms with E-state index >= 15 is 0 Å². The van der Waals surface area contributed by atoms with Crippen LogP contribution in [0.5, 0.6) is 0 Å². The molecule has 0 radical (unpaired) electrons. The molecule has 26 heavy (non-hydrogen) atoms. The standard InChI is InChI=1S/C18H28N4O4/c1-18(2,12-23)17(25)22-11-14(16(24)21-7-9-26-10-8-21)15(20-22)13-3-5-19-6-4-13/h11,13,19,23H,3-10,12H2,1-2H3. The monoisotopic (exact) mass is 364 g/mol. The number of aliphatic hydroxyl groups excluding tert-OH is 1. The first kappa shape index (κ1) is 19.0. The number of nitrogens with one attached hydrogen (secondary N) is 1. The number of hydrogen-bond donors (Lipinski definition) is 2. The van der Waals surface area contributed by atoms with Gasteiger partial charge in [-0.25, -0.2) is 4.68 Å². The summed E-state index contributed by atoms with van der Waals surface area (Å²) in [7, 11) is 0. The zero-order valence-corrected chi connectivity index (χ0v) is 15.5. The predicted molar refractivity (Wildman–Crippen MR) is 95.3 cm³/mol. The van der Waals surface area contributed by atoms with Crippen molar-refractivity contribution in [2.75, 3.05) is 46.0 Å². The molecule has 2 saturated heterocycles. The third-order valence-corrected chi connectivity index (χ3v) is 5.18. The minimum atomic E-state index is -0.948. The van der Waals surface area contributed by atoms with E-state index < -0.39 is 5.41 Å². The van der Waals surface area contributed by atoms with Gasteiger partial charge in [-0.2, -0.15) is 5.10 Å². The van der Waals surface area contributed by atoms with E-state index in [1.54, 1.807) is 24.9 Å². The SMILES string of the molecule is CC(C)(CO)C(=O)n1cc(C(=O)N2CCOCC2)c(C2CCNCC2)n1. The number of morpholine rings is 1. The first-order chi connectivity index (χ1) is 12.4. The Balaban J connectivity index is 1.94. The van der Waals surface area contributed by atoms with Crippen molar-refractivity contribution in [1.29, 1.82) is 0 Å². The summed E-state index contributed by atoms with van der Waals surface area (Å²) >= 11 is 0. The molecule has 144 valence electrons. The summed E-state index contributed by atoms with van der Waals surface area (Å²) < 4.78 is 6.58. The van der Waals surface area contributed by atoms with Gasteiger partial charge in [-0.3, -0.25) is 9.59 Å². The number of ether oxygens (including phenoxy) is 1. The topological polar surface area (TPSA) is 96.7 Å². The number of nitrogens with zero attached hydrogens (tertiary/aromatic N) is 3. The van der Waals surface area contributed by atoms with Gasteiger partial charge in [-0.1, -0.05) is 0 Å². The molecule has 0 aromatic carbocycles. The summed E-state index contributed by atoms with van der Waals surface area (Å²) in [5.41, 5.74) is 0.252. The Hall–Kier alpha value is -1.77. The first-order valence-corrected chi connectivity index (χ1v) is 9.27. The van der Waals surface area contributed by atoms with Gasteiger partial charge in [0.1, 0.15) is 0 Å². The van der Waals surface area contributed by atoms with Crippen molar-refractivity contribution < 1.29 is 19.4 Å². The van der Waals surface area contributed by atoms with Gasteiger partial charge < -0.3 is 20.1 Å². The Morgan fingerprint density at radius 1 is 1.31 bits per heavy atom. The second-order valence-corrected chi connectivity index (χ2v) is 7.65. The fourth-order valence-corrected chi connectivity index (χ4v) is 3.37. The van der Waals surface area contributed by atoms with E-state index in [1.165, 1.54) is 4.68 Å². The van der Waals surface area contributed by atoms with E-state index in [-0.39, 0.29) is 24.3 Å². The second kappa shape index (κ2) is 7.85. The largest absolute Gasteiger partial charge is 0.395 e. The fourth-order valence-electron chi connectivity index (χ4n) is 3.37. The van der Waals surface area contributed by atoms with Crippen LogP contribution >= 0.6 is 0 Å². The van der Waals surface area contributed by atoms with E-state index in [9.17, 15) is 14.7 Å². The Labute approximate surface area is 153 Å². The van der Waals surface area contributed by atoms with E-state index in [2.05, 4.69) is 10.4 Å². The molecule has 1 aromatic rings. The van der Waals surface area contributed by atoms with Crippen molar-refractivity contribution in [1.82, 2.24) is 20.0 Å². The molecule has 2 N–H and O–H groups in total. The van der Waals surface area contributed by atoms with Crippen LogP contribution in [-0.4, -0.2) is 77.6 Å². The Morgan fingerprint density at radius 3 is 2.58 bits per heavy atom. The molecule has 3 heterocycles. The lowest BCUT2D eigenvalue weighted by molar-refractivity contribution is 0.0301. The van der Waals surface area contributed by atoms with Gasteiger partial charge in [0.05, 0.1) is 36.5 Å². The quantitative estimate of drug-likeness (QED) is 0.807. The number of carbonyl (C=O) groups excluding carboxylic acids is 2. The van der Waals surface area contributed by atoms with E-state index in [1.807, 2.05) is 0 Å². The number of rotatable bonds is 4. The third-order valence-electron chi connectivity index (χ3n) is 5.18. The lowest BCUT2D eigenvalue weighted by Crippen LogP contribution is -2.41. The van der Waals surface area contributed by atoms with Gasteiger partial charge in [-0.05, 0) is 39.8 Å². The minimum absolute atomic E-state index is 0.0947. The van der Waals surface area contributed by atoms with Gasteiger partial charge in [0.15, 0.2) is 0 Å². The molecule has 3 rings (SSSR count). The van der Waals surface area contributed by atoms with Crippen LogP contribution in [0.3, 0.4) is 0 Å². The summed E-state index contributed by atoms with van der Waals surface area (Å²) in [6.45, 7) is 6.96. The summed E-state index contributed by atoms with van der Waals surface area (Å²) in [5, 5.41) is 17.3. The smallest absolute Gasteiger partial charge is 0.257 e. The molecule has 0 bridgehead atoms. The van der Waals surface area contributed by atoms with Crippen LogP contribution in [0.1, 0.15) is 53.5 Å². The summed E-state index contributed by atoms with van der Waals surface area (Å²) in [4.78, 5) is 27.5. The highest BCUT2D eigenvalue weighted by atomic mass is 16.5. The maximum Gasteiger partial charge on any atom is 0.257 e. The molecule has 1 amide bonds. The first-order valence-electron chi connectivity index (χ1n) is 9.27. The van der Waals surface area contributed by atoms with Crippen molar-refractivity contribution >= 4 is 11.8 Å². The predicted octanol–water partition coefficient (Wildman–Crippen LogP) is 0.481. The van der Waals surface area contributed by atoms with Crippen molar-refractivity contribution in [3.63, 3.8) is 0 Å². The highest BCUT2D eigenvalue weighted by Crippen LogP contribution is 2.29. The average Bonchev–Trinajstić information content (AvgIpc) is 3.13. The van der Waals surface area contributed by atoms with Crippen LogP contribution < -0.4 is 5.32 Å². The average molecular weight is 364 g/mol. The molecule has 0 spiro atoms. The number of hydrogen-bond acceptors (Lipinski definition) is 6. The van der Waals surface area contributed by atoms with E-state index in [0.717, 1.165) is 25.9 Å². The summed E-state index contributed by atoms with van der Waals surface area (Å²) in [5.74, 6) is -0.249. The molecule has 0 unspecified atom stereocenters. The molecule has 1 aromatic heterocycles. The molecule has 8 heteroatoms. The normalized spacial score (nSPS) is 19.6. The van der Waals surface area contributed by atoms with Crippen molar-refractivity contribution in [2.24, 2.45) is 5.41 Å². The molecule has 2 aliphatic rings. The van der Waals surface area contributed by atoms with Crippen molar-refractivity contribution in [3.05, 3.63) is 17.5 Å². The fraction of sp³-hybridized carbons (Fsp3) is 0.722. The highest BCUT2D eigenvalue weighted by molar-refractivity contribution is 5.96. The molecule has 0 saturated carbocycles. The zero-order valence-electron chi connectivity index (χ0n) is 15.5. The second-order valence-electron chi connectivity index (χ2n) is 7.65. The molecule has 0 aliphatic carbocycles. The van der Waals surface area contributed by atoms with Crippen LogP contribution in [0, 0.1) is 5.41 Å². The number of carbonyl (C=O) groups is 2. The molecule has 2 fully saturated rings. The number of aromatic nitrogens is 2.